The van der Waals surface area contributed by atoms with E-state index in [1.165, 1.54) is 12.1 Å². The van der Waals surface area contributed by atoms with Crippen LogP contribution >= 0.6 is 0 Å². The second kappa shape index (κ2) is 5.46. The van der Waals surface area contributed by atoms with E-state index in [1.807, 2.05) is 4.90 Å². The van der Waals surface area contributed by atoms with Gasteiger partial charge in [0.15, 0.2) is 0 Å². The molecule has 0 radical (unpaired) electrons. The van der Waals surface area contributed by atoms with Crippen molar-refractivity contribution < 1.29 is 19.9 Å². The highest BCUT2D eigenvalue weighted by Gasteiger charge is 2.28. The molecule has 0 amide bonds. The Morgan fingerprint density at radius 1 is 1.50 bits per heavy atom. The summed E-state index contributed by atoms with van der Waals surface area (Å²) in [5, 5.41) is 29.1. The molecule has 7 heteroatoms. The summed E-state index contributed by atoms with van der Waals surface area (Å²) in [4.78, 5) is 23.0. The van der Waals surface area contributed by atoms with Crippen molar-refractivity contribution in [1.29, 1.82) is 0 Å². The van der Waals surface area contributed by atoms with E-state index in [0.29, 0.717) is 18.2 Å². The molecule has 1 aromatic carbocycles. The molecule has 0 spiro atoms. The van der Waals surface area contributed by atoms with Crippen molar-refractivity contribution in [3.8, 4) is 0 Å². The summed E-state index contributed by atoms with van der Waals surface area (Å²) in [5.41, 5.74) is -0.101. The molecular formula is C13H16N2O5. The third-order valence-corrected chi connectivity index (χ3v) is 3.59. The molecular weight excluding hydrogens is 264 g/mol. The Balaban J connectivity index is 2.17. The van der Waals surface area contributed by atoms with Gasteiger partial charge in [-0.05, 0) is 30.9 Å². The van der Waals surface area contributed by atoms with Crippen LogP contribution in [0.15, 0.2) is 18.2 Å². The molecule has 2 rings (SSSR count). The SMILES string of the molecule is CN(CC1CC(O)C1)c1ccc([N+](=O)[O-])c(C(=O)O)c1. The van der Waals surface area contributed by atoms with Crippen molar-refractivity contribution >= 4 is 17.3 Å². The normalized spacial score (nSPS) is 21.1. The van der Waals surface area contributed by atoms with Crippen LogP contribution in [0.3, 0.4) is 0 Å². The van der Waals surface area contributed by atoms with Crippen molar-refractivity contribution in [2.24, 2.45) is 5.92 Å². The van der Waals surface area contributed by atoms with Crippen LogP contribution in [0.25, 0.3) is 0 Å². The fraction of sp³-hybridized carbons (Fsp3) is 0.462. The highest BCUT2D eigenvalue weighted by Crippen LogP contribution is 2.30. The second-order valence-corrected chi connectivity index (χ2v) is 5.14. The number of aliphatic hydroxyl groups is 1. The van der Waals surface area contributed by atoms with Crippen LogP contribution in [0.1, 0.15) is 23.2 Å². The lowest BCUT2D eigenvalue weighted by Gasteiger charge is -2.35. The van der Waals surface area contributed by atoms with Crippen LogP contribution in [-0.4, -0.2) is 40.8 Å². The number of nitro benzene ring substituents is 1. The average Bonchev–Trinajstić information content (AvgIpc) is 2.35. The van der Waals surface area contributed by atoms with Gasteiger partial charge in [0.2, 0.25) is 0 Å². The summed E-state index contributed by atoms with van der Waals surface area (Å²) in [7, 11) is 1.80. The standard InChI is InChI=1S/C13H16N2O5/c1-14(7-8-4-10(16)5-8)9-2-3-12(15(19)20)11(6-9)13(17)18/h2-3,6,8,10,16H,4-5,7H2,1H3,(H,17,18). The van der Waals surface area contributed by atoms with Gasteiger partial charge in [0.05, 0.1) is 11.0 Å². The Labute approximate surface area is 115 Å². The zero-order valence-electron chi connectivity index (χ0n) is 11.0. The molecule has 0 atom stereocenters. The lowest BCUT2D eigenvalue weighted by Crippen LogP contribution is -2.37. The fourth-order valence-electron chi connectivity index (χ4n) is 2.43. The summed E-state index contributed by atoms with van der Waals surface area (Å²) in [6, 6.07) is 4.07. The molecule has 0 aromatic heterocycles. The van der Waals surface area contributed by atoms with Gasteiger partial charge in [-0.1, -0.05) is 0 Å². The van der Waals surface area contributed by atoms with E-state index in [1.54, 1.807) is 13.1 Å². The minimum atomic E-state index is -1.31. The van der Waals surface area contributed by atoms with Gasteiger partial charge < -0.3 is 15.1 Å². The quantitative estimate of drug-likeness (QED) is 0.625. The molecule has 1 aromatic rings. The van der Waals surface area contributed by atoms with Crippen LogP contribution in [0.5, 0.6) is 0 Å². The maximum atomic E-state index is 11.1. The summed E-state index contributed by atoms with van der Waals surface area (Å²) in [5.74, 6) is -0.940. The highest BCUT2D eigenvalue weighted by molar-refractivity contribution is 5.93. The summed E-state index contributed by atoms with van der Waals surface area (Å²) in [6.45, 7) is 0.688. The van der Waals surface area contributed by atoms with Crippen LogP contribution in [0, 0.1) is 16.0 Å². The zero-order chi connectivity index (χ0) is 14.9. The molecule has 1 aliphatic rings. The second-order valence-electron chi connectivity index (χ2n) is 5.14. The number of rotatable bonds is 5. The largest absolute Gasteiger partial charge is 0.477 e. The first-order valence-corrected chi connectivity index (χ1v) is 6.29. The van der Waals surface area contributed by atoms with E-state index in [-0.39, 0.29) is 11.7 Å². The Morgan fingerprint density at radius 2 is 2.15 bits per heavy atom. The first-order valence-electron chi connectivity index (χ1n) is 6.29. The molecule has 0 heterocycles. The van der Waals surface area contributed by atoms with E-state index >= 15 is 0 Å². The maximum Gasteiger partial charge on any atom is 0.342 e. The molecule has 1 saturated carbocycles. The molecule has 0 bridgehead atoms. The van der Waals surface area contributed by atoms with E-state index in [2.05, 4.69) is 0 Å². The highest BCUT2D eigenvalue weighted by atomic mass is 16.6. The van der Waals surface area contributed by atoms with Crippen LogP contribution < -0.4 is 4.90 Å². The predicted octanol–water partition coefficient (Wildman–Crippen LogP) is 1.50. The van der Waals surface area contributed by atoms with Gasteiger partial charge in [0, 0.05) is 25.3 Å². The van der Waals surface area contributed by atoms with Gasteiger partial charge >= 0.3 is 5.97 Å². The molecule has 0 aliphatic heterocycles. The summed E-state index contributed by atoms with van der Waals surface area (Å²) < 4.78 is 0. The first-order chi connectivity index (χ1) is 9.38. The summed E-state index contributed by atoms with van der Waals surface area (Å²) >= 11 is 0. The van der Waals surface area contributed by atoms with Crippen molar-refractivity contribution in [3.63, 3.8) is 0 Å². The van der Waals surface area contributed by atoms with E-state index in [4.69, 9.17) is 5.11 Å². The van der Waals surface area contributed by atoms with Crippen molar-refractivity contribution in [1.82, 2.24) is 0 Å². The average molecular weight is 280 g/mol. The number of nitro groups is 1. The van der Waals surface area contributed by atoms with Crippen molar-refractivity contribution in [2.45, 2.75) is 18.9 Å². The van der Waals surface area contributed by atoms with Crippen LogP contribution in [-0.2, 0) is 0 Å². The molecule has 108 valence electrons. The number of hydrogen-bond donors (Lipinski definition) is 2. The zero-order valence-corrected chi connectivity index (χ0v) is 11.0. The van der Waals surface area contributed by atoms with Gasteiger partial charge in [-0.3, -0.25) is 10.1 Å². The molecule has 20 heavy (non-hydrogen) atoms. The Kier molecular flexibility index (Phi) is 3.89. The fourth-order valence-corrected chi connectivity index (χ4v) is 2.43. The smallest absolute Gasteiger partial charge is 0.342 e. The molecule has 2 N–H and O–H groups in total. The van der Waals surface area contributed by atoms with Crippen molar-refractivity contribution in [3.05, 3.63) is 33.9 Å². The lowest BCUT2D eigenvalue weighted by atomic mass is 9.82. The number of benzene rings is 1. The van der Waals surface area contributed by atoms with Gasteiger partial charge in [0.25, 0.3) is 5.69 Å². The van der Waals surface area contributed by atoms with Crippen LogP contribution in [0.4, 0.5) is 11.4 Å². The van der Waals surface area contributed by atoms with Gasteiger partial charge in [0.1, 0.15) is 5.56 Å². The number of nitrogens with zero attached hydrogens (tertiary/aromatic N) is 2. The van der Waals surface area contributed by atoms with Gasteiger partial charge in [-0.25, -0.2) is 4.79 Å². The minimum Gasteiger partial charge on any atom is -0.477 e. The third kappa shape index (κ3) is 2.88. The minimum absolute atomic E-state index is 0.236. The molecule has 1 aliphatic carbocycles. The lowest BCUT2D eigenvalue weighted by molar-refractivity contribution is -0.385. The number of carbonyl (C=O) groups is 1. The number of anilines is 1. The number of carboxylic acids is 1. The molecule has 0 unspecified atom stereocenters. The number of aliphatic hydroxyl groups excluding tert-OH is 1. The molecule has 1 fully saturated rings. The number of carboxylic acid groups (broad SMARTS) is 1. The third-order valence-electron chi connectivity index (χ3n) is 3.59. The van der Waals surface area contributed by atoms with E-state index < -0.39 is 16.6 Å². The Bertz CT molecular complexity index is 540. The van der Waals surface area contributed by atoms with E-state index in [9.17, 15) is 20.0 Å². The number of hydrogen-bond acceptors (Lipinski definition) is 5. The molecule has 0 saturated heterocycles. The van der Waals surface area contributed by atoms with E-state index in [0.717, 1.165) is 12.8 Å². The summed E-state index contributed by atoms with van der Waals surface area (Å²) in [6.07, 6.45) is 1.24. The van der Waals surface area contributed by atoms with Gasteiger partial charge in [-0.15, -0.1) is 0 Å². The predicted molar refractivity (Wildman–Crippen MR) is 72.1 cm³/mol. The monoisotopic (exact) mass is 280 g/mol. The molecule has 7 nitrogen and oxygen atoms in total. The first kappa shape index (κ1) is 14.3. The van der Waals surface area contributed by atoms with Crippen LogP contribution in [0.2, 0.25) is 0 Å². The topological polar surface area (TPSA) is 104 Å². The number of aromatic carboxylic acids is 1. The Hall–Kier alpha value is -2.15. The van der Waals surface area contributed by atoms with Crippen molar-refractivity contribution in [2.75, 3.05) is 18.5 Å². The maximum absolute atomic E-state index is 11.1. The van der Waals surface area contributed by atoms with Gasteiger partial charge in [-0.2, -0.15) is 0 Å². The Morgan fingerprint density at radius 3 is 2.65 bits per heavy atom.